The van der Waals surface area contributed by atoms with E-state index < -0.39 is 0 Å². The van der Waals surface area contributed by atoms with Gasteiger partial charge < -0.3 is 0 Å². The average Bonchev–Trinajstić information content (AvgIpc) is 3.40. The zero-order chi connectivity index (χ0) is 43.3. The van der Waals surface area contributed by atoms with Gasteiger partial charge in [-0.1, -0.05) is 164 Å². The van der Waals surface area contributed by atoms with E-state index in [0.717, 1.165) is 111 Å². The van der Waals surface area contributed by atoms with E-state index in [-0.39, 0.29) is 11.8 Å². The van der Waals surface area contributed by atoms with E-state index in [4.69, 9.17) is 29.9 Å². The summed E-state index contributed by atoms with van der Waals surface area (Å²) in [4.78, 5) is 31.7. The van der Waals surface area contributed by atoms with Crippen molar-refractivity contribution < 1.29 is 0 Å². The zero-order valence-corrected chi connectivity index (χ0v) is 35.5. The van der Waals surface area contributed by atoms with Gasteiger partial charge in [-0.25, -0.2) is 15.0 Å². The lowest BCUT2D eigenvalue weighted by Crippen LogP contribution is -2.19. The Morgan fingerprint density at radius 2 is 0.758 bits per heavy atom. The summed E-state index contributed by atoms with van der Waals surface area (Å²) in [5.41, 5.74) is 15.2. The molecule has 3 aromatic heterocycles. The van der Waals surface area contributed by atoms with Gasteiger partial charge in [-0.05, 0) is 62.5 Å². The summed E-state index contributed by atoms with van der Waals surface area (Å²) in [6, 6.07) is 57.8. The average molecular weight is 841 g/mol. The maximum atomic E-state index is 5.48. The van der Waals surface area contributed by atoms with Crippen molar-refractivity contribution >= 4 is 65.2 Å². The van der Waals surface area contributed by atoms with Crippen LogP contribution in [0.15, 0.2) is 207 Å². The molecule has 0 amide bonds. The SMILES string of the molecule is C1=CC2c3ccccc3-c3nc(-c4cc(-c5cccc(-c6cnc7c8ccccc8c8ccccc8c7n6)c5)cc(-c5cnc6c7ccccc7c7ccccc7c6n5)c4)cnc3C2C=C1. The third kappa shape index (κ3) is 5.61. The highest BCUT2D eigenvalue weighted by Crippen LogP contribution is 2.48. The summed E-state index contributed by atoms with van der Waals surface area (Å²) in [6.45, 7) is 0. The van der Waals surface area contributed by atoms with Gasteiger partial charge in [0.2, 0.25) is 0 Å². The van der Waals surface area contributed by atoms with Crippen molar-refractivity contribution in [2.45, 2.75) is 11.8 Å². The van der Waals surface area contributed by atoms with Crippen LogP contribution in [-0.2, 0) is 0 Å². The molecule has 2 atom stereocenters. The molecule has 2 aliphatic carbocycles. The molecule has 0 aliphatic heterocycles. The Balaban J connectivity index is 0.962. The Bertz CT molecular complexity index is 4020. The highest BCUT2D eigenvalue weighted by molar-refractivity contribution is 6.24. The molecule has 0 spiro atoms. The molecule has 14 rings (SSSR count). The summed E-state index contributed by atoms with van der Waals surface area (Å²) in [5, 5.41) is 9.03. The third-order valence-electron chi connectivity index (χ3n) is 13.7. The molecule has 0 fully saturated rings. The standard InChI is InChI=1S/C60H36N6/c1-7-22-46-40(16-1)43-19-4-10-25-49(43)58-55(46)61-32-52(64-58)36-15-13-14-35(28-36)37-29-38(53-33-62-56-47-23-8-2-17-41(47)44-20-5-11-26-50(44)59(56)65-53)31-39(30-37)54-34-63-57-48-24-9-3-18-42(48)45-21-6-12-27-51(45)60(57)66-54/h1-34,41,47H. The lowest BCUT2D eigenvalue weighted by atomic mass is 9.73. The molecule has 0 saturated heterocycles. The van der Waals surface area contributed by atoms with Gasteiger partial charge in [0.05, 0.1) is 69.1 Å². The number of hydrogen-bond donors (Lipinski definition) is 0. The second-order valence-corrected chi connectivity index (χ2v) is 17.4. The molecule has 0 radical (unpaired) electrons. The van der Waals surface area contributed by atoms with Crippen LogP contribution in [0.1, 0.15) is 23.1 Å². The Morgan fingerprint density at radius 1 is 0.318 bits per heavy atom. The number of rotatable bonds is 4. The minimum atomic E-state index is 0.125. The molecular weight excluding hydrogens is 805 g/mol. The van der Waals surface area contributed by atoms with E-state index >= 15 is 0 Å². The first-order valence-corrected chi connectivity index (χ1v) is 22.4. The van der Waals surface area contributed by atoms with Gasteiger partial charge in [0.15, 0.2) is 0 Å². The van der Waals surface area contributed by atoms with Crippen molar-refractivity contribution in [3.8, 4) is 56.2 Å². The lowest BCUT2D eigenvalue weighted by molar-refractivity contribution is 0.692. The summed E-state index contributed by atoms with van der Waals surface area (Å²) in [7, 11) is 0. The van der Waals surface area contributed by atoms with Gasteiger partial charge in [0, 0.05) is 55.6 Å². The minimum absolute atomic E-state index is 0.125. The molecule has 6 nitrogen and oxygen atoms in total. The molecule has 9 aromatic carbocycles. The lowest BCUT2D eigenvalue weighted by Gasteiger charge is -2.32. The molecule has 12 aromatic rings. The van der Waals surface area contributed by atoms with Crippen LogP contribution >= 0.6 is 0 Å². The number of aromatic nitrogens is 6. The Kier molecular flexibility index (Phi) is 8.01. The quantitative estimate of drug-likeness (QED) is 0.164. The molecule has 3 heterocycles. The number of nitrogens with zero attached hydrogens (tertiary/aromatic N) is 6. The van der Waals surface area contributed by atoms with Gasteiger partial charge in [-0.2, -0.15) is 0 Å². The second-order valence-electron chi connectivity index (χ2n) is 17.4. The van der Waals surface area contributed by atoms with Gasteiger partial charge >= 0.3 is 0 Å². The number of fused-ring (bicyclic) bond motifs is 18. The van der Waals surface area contributed by atoms with Crippen molar-refractivity contribution in [3.63, 3.8) is 0 Å². The van der Waals surface area contributed by atoms with Gasteiger partial charge in [0.1, 0.15) is 0 Å². The van der Waals surface area contributed by atoms with Gasteiger partial charge in [0.25, 0.3) is 0 Å². The van der Waals surface area contributed by atoms with Crippen LogP contribution in [-0.4, -0.2) is 29.9 Å². The zero-order valence-electron chi connectivity index (χ0n) is 35.5. The Hall–Kier alpha value is -8.74. The third-order valence-corrected chi connectivity index (χ3v) is 13.7. The highest BCUT2D eigenvalue weighted by Gasteiger charge is 2.34. The van der Waals surface area contributed by atoms with Crippen LogP contribution < -0.4 is 0 Å². The molecule has 6 heteroatoms. The van der Waals surface area contributed by atoms with Crippen molar-refractivity contribution in [3.05, 3.63) is 218 Å². The molecule has 2 unspecified atom stereocenters. The van der Waals surface area contributed by atoms with Gasteiger partial charge in [-0.15, -0.1) is 0 Å². The van der Waals surface area contributed by atoms with Crippen LogP contribution in [0.3, 0.4) is 0 Å². The van der Waals surface area contributed by atoms with Crippen LogP contribution in [0.4, 0.5) is 0 Å². The molecule has 0 N–H and O–H groups in total. The fourth-order valence-electron chi connectivity index (χ4n) is 10.6. The summed E-state index contributed by atoms with van der Waals surface area (Å²) < 4.78 is 0. The molecule has 66 heavy (non-hydrogen) atoms. The largest absolute Gasteiger partial charge is 0.256 e. The topological polar surface area (TPSA) is 77.3 Å². The maximum absolute atomic E-state index is 5.48. The Morgan fingerprint density at radius 3 is 1.36 bits per heavy atom. The minimum Gasteiger partial charge on any atom is -0.256 e. The van der Waals surface area contributed by atoms with Crippen LogP contribution in [0.25, 0.3) is 121 Å². The van der Waals surface area contributed by atoms with Crippen LogP contribution in [0.2, 0.25) is 0 Å². The predicted octanol–water partition coefficient (Wildman–Crippen LogP) is 14.6. The first kappa shape index (κ1) is 36.7. The molecule has 0 saturated carbocycles. The van der Waals surface area contributed by atoms with Gasteiger partial charge in [-0.3, -0.25) is 15.0 Å². The summed E-state index contributed by atoms with van der Waals surface area (Å²) >= 11 is 0. The van der Waals surface area contributed by atoms with E-state index in [1.54, 1.807) is 0 Å². The van der Waals surface area contributed by atoms with E-state index in [1.165, 1.54) is 21.7 Å². The summed E-state index contributed by atoms with van der Waals surface area (Å²) in [6.07, 6.45) is 14.6. The first-order chi connectivity index (χ1) is 32.7. The van der Waals surface area contributed by atoms with Crippen molar-refractivity contribution in [2.24, 2.45) is 0 Å². The van der Waals surface area contributed by atoms with E-state index in [1.807, 2.05) is 18.6 Å². The molecule has 2 aliphatic rings. The second kappa shape index (κ2) is 14.4. The molecule has 0 bridgehead atoms. The van der Waals surface area contributed by atoms with E-state index in [9.17, 15) is 0 Å². The van der Waals surface area contributed by atoms with Crippen molar-refractivity contribution in [1.29, 1.82) is 0 Å². The first-order valence-electron chi connectivity index (χ1n) is 22.4. The van der Waals surface area contributed by atoms with E-state index in [0.29, 0.717) is 0 Å². The fourth-order valence-corrected chi connectivity index (χ4v) is 10.6. The Labute approximate surface area is 379 Å². The van der Waals surface area contributed by atoms with E-state index in [2.05, 4.69) is 188 Å². The smallest absolute Gasteiger partial charge is 0.0979 e. The number of allylic oxidation sites excluding steroid dienone is 4. The van der Waals surface area contributed by atoms with Crippen LogP contribution in [0.5, 0.6) is 0 Å². The fraction of sp³-hybridized carbons (Fsp3) is 0.0333. The molecule has 306 valence electrons. The maximum Gasteiger partial charge on any atom is 0.0979 e. The highest BCUT2D eigenvalue weighted by atomic mass is 14.8. The molecular formula is C60H36N6. The number of hydrogen-bond acceptors (Lipinski definition) is 6. The normalized spacial score (nSPS) is 15.2. The van der Waals surface area contributed by atoms with Crippen LogP contribution in [0, 0.1) is 0 Å². The van der Waals surface area contributed by atoms with Crippen molar-refractivity contribution in [1.82, 2.24) is 29.9 Å². The monoisotopic (exact) mass is 840 g/mol. The van der Waals surface area contributed by atoms with Crippen molar-refractivity contribution in [2.75, 3.05) is 0 Å². The summed E-state index contributed by atoms with van der Waals surface area (Å²) in [5.74, 6) is 0.353. The predicted molar refractivity (Wildman–Crippen MR) is 269 cm³/mol. The number of benzene rings is 9.